The molecule has 0 aromatic rings. The van der Waals surface area contributed by atoms with Crippen molar-refractivity contribution in [1.29, 1.82) is 0 Å². The Hall–Kier alpha value is -1.25. The molecule has 0 spiro atoms. The van der Waals surface area contributed by atoms with Crippen LogP contribution < -0.4 is 0 Å². The fraction of sp³-hybridized carbons (Fsp3) is 0.625. The van der Waals surface area contributed by atoms with E-state index >= 15 is 0 Å². The molecule has 0 bridgehead atoms. The van der Waals surface area contributed by atoms with Crippen molar-refractivity contribution in [2.75, 3.05) is 6.61 Å². The number of carbonyl (C=O) groups is 1. The van der Waals surface area contributed by atoms with Crippen LogP contribution in [0, 0.1) is 0 Å². The lowest BCUT2D eigenvalue weighted by atomic mass is 10.4. The van der Waals surface area contributed by atoms with Crippen molar-refractivity contribution in [3.63, 3.8) is 0 Å². The Balaban J connectivity index is 4.91. The summed E-state index contributed by atoms with van der Waals surface area (Å²) in [5, 5.41) is 0. The summed E-state index contributed by atoms with van der Waals surface area (Å²) in [5.74, 6) is -1.61. The molecule has 0 aliphatic heterocycles. The lowest BCUT2D eigenvalue weighted by Crippen LogP contribution is -2.25. The van der Waals surface area contributed by atoms with E-state index in [0.717, 1.165) is 0 Å². The Bertz CT molecular complexity index is 396. The molecule has 0 aliphatic rings. The van der Waals surface area contributed by atoms with E-state index in [1.807, 2.05) is 0 Å². The molecule has 0 unspecified atom stereocenters. The second-order valence-corrected chi connectivity index (χ2v) is 4.24. The number of hydrogen-bond donors (Lipinski definition) is 0. The zero-order valence-electron chi connectivity index (χ0n) is 9.07. The third-order valence-electron chi connectivity index (χ3n) is 1.41. The number of allylic oxidation sites excluding steroid dienone is 1. The average Bonchev–Trinajstić information content (AvgIpc) is 2.14. The van der Waals surface area contributed by atoms with E-state index in [1.54, 1.807) is 0 Å². The van der Waals surface area contributed by atoms with E-state index in [2.05, 4.69) is 8.92 Å². The lowest BCUT2D eigenvalue weighted by Gasteiger charge is -2.10. The molecule has 0 heterocycles. The summed E-state index contributed by atoms with van der Waals surface area (Å²) in [4.78, 5) is 10.9. The first-order valence-electron chi connectivity index (χ1n) is 4.52. The maximum atomic E-state index is 12.0. The molecule has 17 heavy (non-hydrogen) atoms. The van der Waals surface area contributed by atoms with Crippen LogP contribution in [0.3, 0.4) is 0 Å². The summed E-state index contributed by atoms with van der Waals surface area (Å²) in [6, 6.07) is 0. The molecule has 0 atom stereocenters. The largest absolute Gasteiger partial charge is 0.534 e. The second-order valence-electron chi connectivity index (χ2n) is 2.70. The molecule has 0 aromatic carbocycles. The van der Waals surface area contributed by atoms with Crippen LogP contribution in [0.15, 0.2) is 11.8 Å². The van der Waals surface area contributed by atoms with Gasteiger partial charge in [-0.1, -0.05) is 6.92 Å². The number of carbonyl (C=O) groups excluding carboxylic acids is 1. The van der Waals surface area contributed by atoms with Gasteiger partial charge in [-0.15, -0.1) is 0 Å². The molecule has 0 saturated heterocycles. The maximum Gasteiger partial charge on any atom is 0.534 e. The third-order valence-corrected chi connectivity index (χ3v) is 2.41. The molecule has 0 aromatic heterocycles. The van der Waals surface area contributed by atoms with Crippen molar-refractivity contribution in [2.45, 2.75) is 25.8 Å². The van der Waals surface area contributed by atoms with Crippen LogP contribution in [0.1, 0.15) is 20.3 Å². The molecule has 0 radical (unpaired) electrons. The van der Waals surface area contributed by atoms with Gasteiger partial charge in [0.05, 0.1) is 12.7 Å². The molecule has 0 amide bonds. The van der Waals surface area contributed by atoms with Gasteiger partial charge in [0.25, 0.3) is 0 Å². The summed E-state index contributed by atoms with van der Waals surface area (Å²) >= 11 is 0. The molecule has 9 heteroatoms. The van der Waals surface area contributed by atoms with Gasteiger partial charge in [-0.05, 0) is 6.92 Å². The molecule has 0 rings (SSSR count). The summed E-state index contributed by atoms with van der Waals surface area (Å²) in [7, 11) is -5.75. The standard InChI is InChI=1S/C8H11F3O5S/c1-3-6(5-7(12)15-4-2)16-17(13,14)8(9,10)11/h5H,3-4H2,1-2H3/b6-5-. The number of esters is 1. The summed E-state index contributed by atoms with van der Waals surface area (Å²) in [5.41, 5.74) is -5.53. The van der Waals surface area contributed by atoms with Crippen molar-refractivity contribution < 1.29 is 35.3 Å². The first kappa shape index (κ1) is 15.8. The van der Waals surface area contributed by atoms with E-state index in [9.17, 15) is 26.4 Å². The van der Waals surface area contributed by atoms with Crippen molar-refractivity contribution in [3.8, 4) is 0 Å². The zero-order chi connectivity index (χ0) is 13.7. The van der Waals surface area contributed by atoms with Gasteiger partial charge in [-0.3, -0.25) is 0 Å². The highest BCUT2D eigenvalue weighted by atomic mass is 32.2. The van der Waals surface area contributed by atoms with Crippen molar-refractivity contribution in [3.05, 3.63) is 11.8 Å². The van der Waals surface area contributed by atoms with Gasteiger partial charge in [0.15, 0.2) is 0 Å². The number of ether oxygens (including phenoxy) is 1. The van der Waals surface area contributed by atoms with Gasteiger partial charge in [0.1, 0.15) is 5.76 Å². The molecular formula is C8H11F3O5S. The Kier molecular flexibility index (Phi) is 5.46. The van der Waals surface area contributed by atoms with Gasteiger partial charge in [0, 0.05) is 6.42 Å². The summed E-state index contributed by atoms with van der Waals surface area (Å²) < 4.78 is 65.3. The Morgan fingerprint density at radius 1 is 1.29 bits per heavy atom. The number of rotatable bonds is 5. The third kappa shape index (κ3) is 5.07. The van der Waals surface area contributed by atoms with Crippen LogP contribution in [0.5, 0.6) is 0 Å². The van der Waals surface area contributed by atoms with Crippen molar-refractivity contribution >= 4 is 16.1 Å². The number of alkyl halides is 3. The van der Waals surface area contributed by atoms with E-state index in [0.29, 0.717) is 6.08 Å². The molecule has 0 saturated carbocycles. The Labute approximate surface area is 96.3 Å². The quantitative estimate of drug-likeness (QED) is 0.251. The minimum atomic E-state index is -5.75. The van der Waals surface area contributed by atoms with Crippen LogP contribution in [0.4, 0.5) is 13.2 Å². The number of halogens is 3. The van der Waals surface area contributed by atoms with E-state index in [1.165, 1.54) is 13.8 Å². The molecule has 0 fully saturated rings. The van der Waals surface area contributed by atoms with Crippen LogP contribution in [0.25, 0.3) is 0 Å². The normalized spacial score (nSPS) is 13.4. The van der Waals surface area contributed by atoms with E-state index in [4.69, 9.17) is 0 Å². The zero-order valence-corrected chi connectivity index (χ0v) is 9.89. The highest BCUT2D eigenvalue weighted by Crippen LogP contribution is 2.27. The van der Waals surface area contributed by atoms with Crippen LogP contribution in [0.2, 0.25) is 0 Å². The SMILES string of the molecule is CCOC(=O)/C=C(/CC)OS(=O)(=O)C(F)(F)F. The predicted octanol–water partition coefficient (Wildman–Crippen LogP) is 1.71. The first-order chi connectivity index (χ1) is 7.64. The van der Waals surface area contributed by atoms with Gasteiger partial charge in [-0.25, -0.2) is 4.79 Å². The average molecular weight is 276 g/mol. The fourth-order valence-electron chi connectivity index (χ4n) is 0.689. The monoisotopic (exact) mass is 276 g/mol. The van der Waals surface area contributed by atoms with E-state index in [-0.39, 0.29) is 13.0 Å². The predicted molar refractivity (Wildman–Crippen MR) is 51.1 cm³/mol. The van der Waals surface area contributed by atoms with Crippen molar-refractivity contribution in [2.24, 2.45) is 0 Å². The second kappa shape index (κ2) is 5.89. The highest BCUT2D eigenvalue weighted by molar-refractivity contribution is 7.87. The number of hydrogen-bond acceptors (Lipinski definition) is 5. The van der Waals surface area contributed by atoms with Crippen LogP contribution in [-0.4, -0.2) is 26.5 Å². The molecule has 100 valence electrons. The minimum Gasteiger partial charge on any atom is -0.463 e. The Morgan fingerprint density at radius 3 is 2.18 bits per heavy atom. The van der Waals surface area contributed by atoms with Crippen LogP contribution >= 0.6 is 0 Å². The highest BCUT2D eigenvalue weighted by Gasteiger charge is 2.48. The molecule has 0 N–H and O–H groups in total. The molecular weight excluding hydrogens is 265 g/mol. The van der Waals surface area contributed by atoms with Crippen LogP contribution in [-0.2, 0) is 23.8 Å². The van der Waals surface area contributed by atoms with Gasteiger partial charge in [0.2, 0.25) is 0 Å². The molecule has 5 nitrogen and oxygen atoms in total. The van der Waals surface area contributed by atoms with Gasteiger partial charge in [-0.2, -0.15) is 21.6 Å². The van der Waals surface area contributed by atoms with Gasteiger partial charge < -0.3 is 8.92 Å². The molecule has 0 aliphatic carbocycles. The minimum absolute atomic E-state index is 0.0123. The lowest BCUT2D eigenvalue weighted by molar-refractivity contribution is -0.137. The first-order valence-corrected chi connectivity index (χ1v) is 5.93. The fourth-order valence-corrected chi connectivity index (χ4v) is 1.23. The topological polar surface area (TPSA) is 69.7 Å². The maximum absolute atomic E-state index is 12.0. The van der Waals surface area contributed by atoms with Crippen molar-refractivity contribution in [1.82, 2.24) is 0 Å². The van der Waals surface area contributed by atoms with Gasteiger partial charge >= 0.3 is 21.6 Å². The van der Waals surface area contributed by atoms with E-state index < -0.39 is 27.4 Å². The summed E-state index contributed by atoms with van der Waals surface area (Å²) in [6.45, 7) is 2.83. The smallest absolute Gasteiger partial charge is 0.463 e. The summed E-state index contributed by atoms with van der Waals surface area (Å²) in [6.07, 6.45) is 0.362. The Morgan fingerprint density at radius 2 is 1.82 bits per heavy atom.